The lowest BCUT2D eigenvalue weighted by atomic mass is 9.97. The van der Waals surface area contributed by atoms with Gasteiger partial charge in [0.15, 0.2) is 0 Å². The maximum Gasteiger partial charge on any atom is 0.204 e. The third-order valence-corrected chi connectivity index (χ3v) is 2.77. The quantitative estimate of drug-likeness (QED) is 0.710. The van der Waals surface area contributed by atoms with Gasteiger partial charge in [-0.05, 0) is 24.7 Å². The second kappa shape index (κ2) is 11.5. The molecular weight excluding hydrogens is 186 g/mol. The number of hydrogen-bond acceptors (Lipinski definition) is 1. The lowest BCUT2D eigenvalue weighted by molar-refractivity contribution is -0.106. The van der Waals surface area contributed by atoms with E-state index in [1.165, 1.54) is 44.9 Å². The van der Waals surface area contributed by atoms with Gasteiger partial charge < -0.3 is 5.73 Å². The Morgan fingerprint density at radius 2 is 1.60 bits per heavy atom. The number of carbonyl (C=O) groups excluding carboxylic acids is 1. The highest BCUT2D eigenvalue weighted by molar-refractivity contribution is 5.42. The smallest absolute Gasteiger partial charge is 0.204 e. The molecule has 1 aliphatic rings. The molecule has 2 nitrogen and oxygen atoms in total. The van der Waals surface area contributed by atoms with E-state index in [1.54, 1.807) is 0 Å². The van der Waals surface area contributed by atoms with Gasteiger partial charge >= 0.3 is 0 Å². The minimum atomic E-state index is 0.250. The van der Waals surface area contributed by atoms with Crippen molar-refractivity contribution >= 4 is 6.41 Å². The molecule has 0 saturated heterocycles. The van der Waals surface area contributed by atoms with E-state index in [1.807, 2.05) is 0 Å². The minimum absolute atomic E-state index is 0.250. The Kier molecular flexibility index (Phi) is 13.0. The van der Waals surface area contributed by atoms with Crippen molar-refractivity contribution in [1.29, 1.82) is 0 Å². The number of unbranched alkanes of at least 4 members (excludes halogenated alkanes) is 1. The van der Waals surface area contributed by atoms with Crippen LogP contribution >= 0.6 is 0 Å². The summed E-state index contributed by atoms with van der Waals surface area (Å²) in [5, 5.41) is 0. The highest BCUT2D eigenvalue weighted by atomic mass is 16.1. The van der Waals surface area contributed by atoms with E-state index < -0.39 is 0 Å². The molecule has 0 unspecified atom stereocenters. The lowest BCUT2D eigenvalue weighted by Crippen LogP contribution is -1.96. The van der Waals surface area contributed by atoms with Crippen molar-refractivity contribution < 1.29 is 4.79 Å². The first-order valence-electron chi connectivity index (χ1n) is 6.31. The van der Waals surface area contributed by atoms with E-state index in [2.05, 4.69) is 33.4 Å². The fourth-order valence-corrected chi connectivity index (χ4v) is 1.51. The first-order chi connectivity index (χ1) is 7.16. The number of amides is 1. The van der Waals surface area contributed by atoms with Gasteiger partial charge in [-0.2, -0.15) is 0 Å². The summed E-state index contributed by atoms with van der Waals surface area (Å²) in [6.07, 6.45) is 10.3. The third kappa shape index (κ3) is 11.4. The van der Waals surface area contributed by atoms with Gasteiger partial charge in [0.25, 0.3) is 0 Å². The summed E-state index contributed by atoms with van der Waals surface area (Å²) in [4.78, 5) is 8.58. The lowest BCUT2D eigenvalue weighted by Gasteiger charge is -2.09. The van der Waals surface area contributed by atoms with Crippen LogP contribution < -0.4 is 5.73 Å². The Morgan fingerprint density at radius 1 is 1.20 bits per heavy atom. The predicted octanol–water partition coefficient (Wildman–Crippen LogP) is 3.88. The standard InChI is InChI=1S/C9H18.C3H8.CH3NO/c1-3-5-6-9(4-2)7-8-9;1-3-2;2-1-3/h3-8H2,1-2H3;3H2,1-2H3;1H,(H2,2,3). The minimum Gasteiger partial charge on any atom is -0.372 e. The van der Waals surface area contributed by atoms with E-state index >= 15 is 0 Å². The molecule has 0 spiro atoms. The molecule has 1 amide bonds. The van der Waals surface area contributed by atoms with Crippen molar-refractivity contribution in [3.8, 4) is 0 Å². The summed E-state index contributed by atoms with van der Waals surface area (Å²) in [7, 11) is 0. The van der Waals surface area contributed by atoms with Gasteiger partial charge in [0.05, 0.1) is 0 Å². The van der Waals surface area contributed by atoms with Gasteiger partial charge in [-0.15, -0.1) is 0 Å². The van der Waals surface area contributed by atoms with Crippen molar-refractivity contribution in [3.05, 3.63) is 0 Å². The fourth-order valence-electron chi connectivity index (χ4n) is 1.51. The van der Waals surface area contributed by atoms with Gasteiger partial charge in [0.2, 0.25) is 6.41 Å². The summed E-state index contributed by atoms with van der Waals surface area (Å²) in [5.41, 5.74) is 5.01. The van der Waals surface area contributed by atoms with E-state index in [-0.39, 0.29) is 6.41 Å². The Morgan fingerprint density at radius 3 is 1.80 bits per heavy atom. The monoisotopic (exact) mass is 215 g/mol. The van der Waals surface area contributed by atoms with Gasteiger partial charge in [0.1, 0.15) is 0 Å². The van der Waals surface area contributed by atoms with Crippen molar-refractivity contribution in [2.75, 3.05) is 0 Å². The molecule has 0 atom stereocenters. The topological polar surface area (TPSA) is 43.1 Å². The zero-order valence-corrected chi connectivity index (χ0v) is 11.0. The van der Waals surface area contributed by atoms with Crippen LogP contribution in [0.5, 0.6) is 0 Å². The number of rotatable bonds is 4. The average Bonchev–Trinajstić information content (AvgIpc) is 2.98. The molecule has 2 N–H and O–H groups in total. The summed E-state index contributed by atoms with van der Waals surface area (Å²) in [6.45, 7) is 8.87. The molecule has 0 aromatic carbocycles. The van der Waals surface area contributed by atoms with E-state index in [4.69, 9.17) is 4.79 Å². The number of nitrogens with two attached hydrogens (primary N) is 1. The van der Waals surface area contributed by atoms with Crippen molar-refractivity contribution in [2.24, 2.45) is 11.1 Å². The van der Waals surface area contributed by atoms with Crippen LogP contribution in [-0.2, 0) is 4.79 Å². The average molecular weight is 215 g/mol. The first-order valence-corrected chi connectivity index (χ1v) is 6.31. The summed E-state index contributed by atoms with van der Waals surface area (Å²) in [5.74, 6) is 0. The van der Waals surface area contributed by atoms with Crippen LogP contribution in [0.25, 0.3) is 0 Å². The molecule has 15 heavy (non-hydrogen) atoms. The fraction of sp³-hybridized carbons (Fsp3) is 0.923. The van der Waals surface area contributed by atoms with Crippen LogP contribution in [-0.4, -0.2) is 6.41 Å². The maximum atomic E-state index is 8.58. The summed E-state index contributed by atoms with van der Waals surface area (Å²) < 4.78 is 0. The highest BCUT2D eigenvalue weighted by Crippen LogP contribution is 2.52. The molecule has 1 saturated carbocycles. The van der Waals surface area contributed by atoms with Crippen LogP contribution in [0, 0.1) is 5.41 Å². The number of primary amides is 1. The molecule has 0 radical (unpaired) electrons. The normalized spacial score (nSPS) is 15.2. The highest BCUT2D eigenvalue weighted by Gasteiger charge is 2.39. The largest absolute Gasteiger partial charge is 0.372 e. The zero-order valence-electron chi connectivity index (χ0n) is 11.0. The number of carbonyl (C=O) groups is 1. The molecule has 0 heterocycles. The van der Waals surface area contributed by atoms with E-state index in [9.17, 15) is 0 Å². The van der Waals surface area contributed by atoms with Crippen LogP contribution in [0.4, 0.5) is 0 Å². The van der Waals surface area contributed by atoms with Gasteiger partial charge in [-0.1, -0.05) is 53.4 Å². The molecular formula is C13H29NO. The van der Waals surface area contributed by atoms with Crippen molar-refractivity contribution in [3.63, 3.8) is 0 Å². The molecule has 92 valence electrons. The summed E-state index contributed by atoms with van der Waals surface area (Å²) in [6, 6.07) is 0. The zero-order chi connectivity index (χ0) is 12.2. The molecule has 0 aromatic rings. The van der Waals surface area contributed by atoms with Crippen LogP contribution in [0.3, 0.4) is 0 Å². The third-order valence-electron chi connectivity index (χ3n) is 2.77. The van der Waals surface area contributed by atoms with Gasteiger partial charge in [-0.25, -0.2) is 0 Å². The van der Waals surface area contributed by atoms with E-state index in [0.717, 1.165) is 5.41 Å². The SMILES string of the molecule is CCC.CCCCC1(CC)CC1.NC=O. The van der Waals surface area contributed by atoms with Crippen LogP contribution in [0.1, 0.15) is 72.6 Å². The molecule has 1 aliphatic carbocycles. The molecule has 0 aliphatic heterocycles. The Labute approximate surface area is 95.6 Å². The van der Waals surface area contributed by atoms with Crippen LogP contribution in [0.15, 0.2) is 0 Å². The molecule has 0 aromatic heterocycles. The summed E-state index contributed by atoms with van der Waals surface area (Å²) >= 11 is 0. The second-order valence-electron chi connectivity index (χ2n) is 4.30. The Balaban J connectivity index is 0. The molecule has 0 bridgehead atoms. The molecule has 1 fully saturated rings. The molecule has 2 heteroatoms. The first kappa shape index (κ1) is 16.9. The van der Waals surface area contributed by atoms with Crippen LogP contribution in [0.2, 0.25) is 0 Å². The number of hydrogen-bond donors (Lipinski definition) is 1. The predicted molar refractivity (Wildman–Crippen MR) is 67.7 cm³/mol. The second-order valence-corrected chi connectivity index (χ2v) is 4.30. The van der Waals surface area contributed by atoms with Crippen molar-refractivity contribution in [1.82, 2.24) is 0 Å². The van der Waals surface area contributed by atoms with Crippen molar-refractivity contribution in [2.45, 2.75) is 72.6 Å². The van der Waals surface area contributed by atoms with E-state index in [0.29, 0.717) is 0 Å². The maximum absolute atomic E-state index is 8.58. The molecule has 1 rings (SSSR count). The Bertz CT molecular complexity index is 130. The van der Waals surface area contributed by atoms with Gasteiger partial charge in [0, 0.05) is 0 Å². The Hall–Kier alpha value is -0.530. The van der Waals surface area contributed by atoms with Gasteiger partial charge in [-0.3, -0.25) is 4.79 Å².